The molecule has 6 heteroatoms. The van der Waals surface area contributed by atoms with Gasteiger partial charge in [-0.15, -0.1) is 0 Å². The molecule has 4 atom stereocenters. The number of hydrogen-bond acceptors (Lipinski definition) is 4. The van der Waals surface area contributed by atoms with Gasteiger partial charge in [-0.25, -0.2) is 0 Å². The number of nitrogens with one attached hydrogen (secondary N) is 1. The Morgan fingerprint density at radius 2 is 1.91 bits per heavy atom. The molecule has 2 aliphatic rings. The second-order valence-corrected chi connectivity index (χ2v) is 5.69. The number of fused-ring (bicyclic) bond motifs is 2. The van der Waals surface area contributed by atoms with Crippen molar-refractivity contribution in [2.75, 3.05) is 13.7 Å². The van der Waals surface area contributed by atoms with Crippen LogP contribution >= 0.6 is 0 Å². The van der Waals surface area contributed by atoms with Gasteiger partial charge in [0, 0.05) is 6.54 Å². The maximum Gasteiger partial charge on any atom is 0.310 e. The van der Waals surface area contributed by atoms with Crippen molar-refractivity contribution >= 4 is 11.9 Å². The minimum absolute atomic E-state index is 0.274. The minimum Gasteiger partial charge on any atom is -0.496 e. The van der Waals surface area contributed by atoms with Crippen LogP contribution in [0.5, 0.6) is 5.75 Å². The SMILES string of the molecule is COc1ccccc1CCNC(=O)[C@H]1[C@@H](C(=O)O)[C@@H]2C=C[C@@H]1O2. The van der Waals surface area contributed by atoms with E-state index >= 15 is 0 Å². The summed E-state index contributed by atoms with van der Waals surface area (Å²) in [6.45, 7) is 0.420. The van der Waals surface area contributed by atoms with E-state index in [0.29, 0.717) is 13.0 Å². The Morgan fingerprint density at radius 1 is 1.22 bits per heavy atom. The van der Waals surface area contributed by atoms with Crippen LogP contribution in [0.25, 0.3) is 0 Å². The molecule has 0 radical (unpaired) electrons. The van der Waals surface area contributed by atoms with Crippen LogP contribution < -0.4 is 10.1 Å². The van der Waals surface area contributed by atoms with Crippen molar-refractivity contribution in [3.05, 3.63) is 42.0 Å². The smallest absolute Gasteiger partial charge is 0.310 e. The molecule has 0 aromatic heterocycles. The van der Waals surface area contributed by atoms with Gasteiger partial charge in [0.05, 0.1) is 25.2 Å². The van der Waals surface area contributed by atoms with Gasteiger partial charge in [0.15, 0.2) is 0 Å². The number of carbonyl (C=O) groups is 2. The number of rotatable bonds is 6. The largest absolute Gasteiger partial charge is 0.496 e. The fourth-order valence-electron chi connectivity index (χ4n) is 3.26. The number of hydrogen-bond donors (Lipinski definition) is 2. The van der Waals surface area contributed by atoms with Crippen molar-refractivity contribution in [3.8, 4) is 5.75 Å². The number of benzene rings is 1. The molecule has 6 nitrogen and oxygen atoms in total. The van der Waals surface area contributed by atoms with Gasteiger partial charge in [0.25, 0.3) is 0 Å². The first kappa shape index (κ1) is 15.6. The fraction of sp³-hybridized carbons (Fsp3) is 0.412. The number of aliphatic carboxylic acids is 1. The van der Waals surface area contributed by atoms with E-state index in [1.165, 1.54) is 0 Å². The number of para-hydroxylation sites is 1. The van der Waals surface area contributed by atoms with Gasteiger partial charge in [-0.05, 0) is 18.1 Å². The number of carbonyl (C=O) groups excluding carboxylic acids is 1. The average Bonchev–Trinajstić information content (AvgIpc) is 3.16. The summed E-state index contributed by atoms with van der Waals surface area (Å²) in [6.07, 6.45) is 3.18. The fourth-order valence-corrected chi connectivity index (χ4v) is 3.26. The summed E-state index contributed by atoms with van der Waals surface area (Å²) >= 11 is 0. The lowest BCUT2D eigenvalue weighted by atomic mass is 9.82. The van der Waals surface area contributed by atoms with Crippen LogP contribution in [0, 0.1) is 11.8 Å². The van der Waals surface area contributed by atoms with E-state index in [-0.39, 0.29) is 5.91 Å². The Bertz CT molecular complexity index is 642. The summed E-state index contributed by atoms with van der Waals surface area (Å²) in [4.78, 5) is 23.7. The number of carboxylic acids is 1. The molecule has 3 rings (SSSR count). The molecule has 2 aliphatic heterocycles. The zero-order valence-electron chi connectivity index (χ0n) is 12.8. The molecule has 0 saturated carbocycles. The van der Waals surface area contributed by atoms with Crippen molar-refractivity contribution in [1.82, 2.24) is 5.32 Å². The molecule has 1 fully saturated rings. The zero-order valence-corrected chi connectivity index (χ0v) is 12.8. The number of amides is 1. The molecule has 0 unspecified atom stereocenters. The highest BCUT2D eigenvalue weighted by Crippen LogP contribution is 2.39. The lowest BCUT2D eigenvalue weighted by Gasteiger charge is -2.21. The molecule has 1 amide bonds. The molecular formula is C17H19NO5. The standard InChI is InChI=1S/C17H19NO5/c1-22-11-5-3-2-4-10(11)8-9-18-16(19)14-12-6-7-13(23-12)15(14)17(20)21/h2-7,12-15H,8-9H2,1H3,(H,18,19)(H,20,21)/t12-,13-,14+,15-/m0/s1. The molecule has 122 valence electrons. The summed E-state index contributed by atoms with van der Waals surface area (Å²) in [6, 6.07) is 7.60. The van der Waals surface area contributed by atoms with Crippen molar-refractivity contribution in [2.24, 2.45) is 11.8 Å². The van der Waals surface area contributed by atoms with Crippen LogP contribution in [0.3, 0.4) is 0 Å². The summed E-state index contributed by atoms with van der Waals surface area (Å²) < 4.78 is 10.8. The topological polar surface area (TPSA) is 84.9 Å². The molecule has 1 aromatic carbocycles. The third-order valence-corrected chi connectivity index (χ3v) is 4.37. The molecule has 1 aromatic rings. The van der Waals surface area contributed by atoms with Crippen molar-refractivity contribution in [2.45, 2.75) is 18.6 Å². The summed E-state index contributed by atoms with van der Waals surface area (Å²) in [5, 5.41) is 12.1. The quantitative estimate of drug-likeness (QED) is 0.765. The van der Waals surface area contributed by atoms with Gasteiger partial charge in [0.1, 0.15) is 11.7 Å². The molecule has 2 bridgehead atoms. The van der Waals surface area contributed by atoms with E-state index in [4.69, 9.17) is 9.47 Å². The Morgan fingerprint density at radius 3 is 2.61 bits per heavy atom. The van der Waals surface area contributed by atoms with Crippen molar-refractivity contribution in [1.29, 1.82) is 0 Å². The number of methoxy groups -OCH3 is 1. The third kappa shape index (κ3) is 2.94. The number of ether oxygens (including phenoxy) is 2. The molecule has 2 heterocycles. The van der Waals surface area contributed by atoms with Crippen LogP contribution in [-0.2, 0) is 20.7 Å². The van der Waals surface area contributed by atoms with Gasteiger partial charge in [-0.2, -0.15) is 0 Å². The number of carboxylic acid groups (broad SMARTS) is 1. The van der Waals surface area contributed by atoms with Crippen LogP contribution in [0.1, 0.15) is 5.56 Å². The first-order valence-electron chi connectivity index (χ1n) is 7.58. The van der Waals surface area contributed by atoms with E-state index in [1.54, 1.807) is 19.3 Å². The van der Waals surface area contributed by atoms with Crippen LogP contribution in [0.4, 0.5) is 0 Å². The molecule has 23 heavy (non-hydrogen) atoms. The van der Waals surface area contributed by atoms with Crippen molar-refractivity contribution < 1.29 is 24.2 Å². The highest BCUT2D eigenvalue weighted by Gasteiger charge is 2.53. The predicted octanol–water partition coefficient (Wildman–Crippen LogP) is 1.01. The van der Waals surface area contributed by atoms with E-state index in [1.807, 2.05) is 24.3 Å². The molecule has 2 N–H and O–H groups in total. The zero-order chi connectivity index (χ0) is 16.4. The van der Waals surface area contributed by atoms with E-state index in [0.717, 1.165) is 11.3 Å². The predicted molar refractivity (Wildman–Crippen MR) is 82.1 cm³/mol. The van der Waals surface area contributed by atoms with Gasteiger partial charge in [0.2, 0.25) is 5.91 Å². The Balaban J connectivity index is 1.59. The van der Waals surface area contributed by atoms with Crippen LogP contribution in [0.15, 0.2) is 36.4 Å². The Kier molecular flexibility index (Phi) is 4.34. The second kappa shape index (κ2) is 6.42. The lowest BCUT2D eigenvalue weighted by molar-refractivity contribution is -0.146. The molecule has 1 saturated heterocycles. The van der Waals surface area contributed by atoms with Crippen molar-refractivity contribution in [3.63, 3.8) is 0 Å². The maximum atomic E-state index is 12.4. The van der Waals surface area contributed by atoms with E-state index in [2.05, 4.69) is 5.32 Å². The lowest BCUT2D eigenvalue weighted by Crippen LogP contribution is -2.43. The molecule has 0 spiro atoms. The first-order valence-corrected chi connectivity index (χ1v) is 7.58. The summed E-state index contributed by atoms with van der Waals surface area (Å²) in [5.41, 5.74) is 0.995. The summed E-state index contributed by atoms with van der Waals surface area (Å²) in [5.74, 6) is -1.97. The third-order valence-electron chi connectivity index (χ3n) is 4.37. The Hall–Kier alpha value is -2.34. The van der Waals surface area contributed by atoms with Gasteiger partial charge in [-0.1, -0.05) is 30.4 Å². The highest BCUT2D eigenvalue weighted by atomic mass is 16.5. The van der Waals surface area contributed by atoms with Gasteiger partial charge < -0.3 is 19.9 Å². The van der Waals surface area contributed by atoms with E-state index < -0.39 is 30.0 Å². The first-order chi connectivity index (χ1) is 11.1. The highest BCUT2D eigenvalue weighted by molar-refractivity contribution is 5.87. The molecular weight excluding hydrogens is 298 g/mol. The maximum absolute atomic E-state index is 12.4. The summed E-state index contributed by atoms with van der Waals surface area (Å²) in [7, 11) is 1.60. The normalized spacial score (nSPS) is 27.9. The van der Waals surface area contributed by atoms with Gasteiger partial charge in [-0.3, -0.25) is 9.59 Å². The van der Waals surface area contributed by atoms with Crippen LogP contribution in [-0.4, -0.2) is 42.8 Å². The minimum atomic E-state index is -0.994. The van der Waals surface area contributed by atoms with E-state index in [9.17, 15) is 14.7 Å². The Labute approximate surface area is 134 Å². The second-order valence-electron chi connectivity index (χ2n) is 5.69. The van der Waals surface area contributed by atoms with Crippen LogP contribution in [0.2, 0.25) is 0 Å². The van der Waals surface area contributed by atoms with Gasteiger partial charge >= 0.3 is 5.97 Å². The molecule has 0 aliphatic carbocycles. The average molecular weight is 317 g/mol. The monoisotopic (exact) mass is 317 g/mol.